The van der Waals surface area contributed by atoms with Crippen molar-refractivity contribution >= 4 is 78.2 Å². The van der Waals surface area contributed by atoms with E-state index in [2.05, 4.69) is 31.9 Å². The van der Waals surface area contributed by atoms with Crippen molar-refractivity contribution in [1.82, 2.24) is 4.90 Å². The third-order valence-corrected chi connectivity index (χ3v) is 7.36. The Bertz CT molecular complexity index is 1310. The minimum atomic E-state index is -0.490. The molecule has 1 aliphatic rings. The van der Waals surface area contributed by atoms with E-state index in [1.165, 1.54) is 0 Å². The number of ketones is 1. The van der Waals surface area contributed by atoms with Crippen molar-refractivity contribution in [2.45, 2.75) is 6.61 Å². The van der Waals surface area contributed by atoms with E-state index < -0.39 is 11.1 Å². The molecule has 1 aliphatic heterocycles. The number of benzene rings is 3. The second-order valence-corrected chi connectivity index (χ2v) is 10.4. The predicted octanol–water partition coefficient (Wildman–Crippen LogP) is 7.36. The van der Waals surface area contributed by atoms with Crippen LogP contribution < -0.4 is 4.74 Å². The van der Waals surface area contributed by atoms with Gasteiger partial charge in [0.15, 0.2) is 5.78 Å². The number of rotatable bonds is 7. The van der Waals surface area contributed by atoms with Gasteiger partial charge in [0, 0.05) is 20.6 Å². The van der Waals surface area contributed by atoms with Crippen molar-refractivity contribution < 1.29 is 19.1 Å². The number of thioether (sulfide) groups is 1. The third-order valence-electron chi connectivity index (χ3n) is 4.94. The van der Waals surface area contributed by atoms with E-state index in [9.17, 15) is 14.4 Å². The summed E-state index contributed by atoms with van der Waals surface area (Å²) in [6.45, 7) is 0.00502. The lowest BCUT2D eigenvalue weighted by molar-refractivity contribution is -0.122. The first-order chi connectivity index (χ1) is 16.3. The molecule has 0 spiro atoms. The first-order valence-corrected chi connectivity index (χ1v) is 12.8. The highest BCUT2D eigenvalue weighted by Gasteiger charge is 2.36. The first kappa shape index (κ1) is 24.7. The molecular formula is C25H16Br2ClNO4S. The van der Waals surface area contributed by atoms with Crippen LogP contribution in [-0.2, 0) is 11.4 Å². The summed E-state index contributed by atoms with van der Waals surface area (Å²) >= 11 is 13.8. The molecule has 1 saturated heterocycles. The van der Waals surface area contributed by atoms with Gasteiger partial charge in [-0.15, -0.1) is 0 Å². The molecule has 0 unspecified atom stereocenters. The van der Waals surface area contributed by atoms with E-state index in [-0.39, 0.29) is 17.2 Å². The van der Waals surface area contributed by atoms with Gasteiger partial charge in [0.2, 0.25) is 0 Å². The van der Waals surface area contributed by atoms with Gasteiger partial charge in [-0.1, -0.05) is 63.9 Å². The largest absolute Gasteiger partial charge is 0.488 e. The lowest BCUT2D eigenvalue weighted by Gasteiger charge is -2.11. The van der Waals surface area contributed by atoms with Crippen molar-refractivity contribution in [3.05, 3.63) is 102 Å². The van der Waals surface area contributed by atoms with Crippen molar-refractivity contribution in [2.24, 2.45) is 0 Å². The Kier molecular flexibility index (Phi) is 7.93. The summed E-state index contributed by atoms with van der Waals surface area (Å²) in [6, 6.07) is 19.6. The van der Waals surface area contributed by atoms with Crippen LogP contribution >= 0.6 is 55.2 Å². The SMILES string of the molecule is O=C(CN1C(=O)S/C(=C/c2ccc(OCc3ccccc3Cl)c(Br)c2)C1=O)c1ccc(Br)cc1. The topological polar surface area (TPSA) is 63.7 Å². The van der Waals surface area contributed by atoms with Crippen LogP contribution in [0.5, 0.6) is 5.75 Å². The van der Waals surface area contributed by atoms with Gasteiger partial charge >= 0.3 is 0 Å². The molecule has 3 aromatic rings. The predicted molar refractivity (Wildman–Crippen MR) is 141 cm³/mol. The number of hydrogen-bond acceptors (Lipinski definition) is 5. The number of ether oxygens (including phenoxy) is 1. The zero-order valence-corrected chi connectivity index (χ0v) is 22.2. The summed E-state index contributed by atoms with van der Waals surface area (Å²) in [5.41, 5.74) is 2.01. The van der Waals surface area contributed by atoms with E-state index in [4.69, 9.17) is 16.3 Å². The molecule has 1 fully saturated rings. The monoisotopic (exact) mass is 619 g/mol. The fraction of sp³-hybridized carbons (Fsp3) is 0.0800. The highest BCUT2D eigenvalue weighted by Crippen LogP contribution is 2.34. The summed E-state index contributed by atoms with van der Waals surface area (Å²) in [5, 5.41) is 0.157. The van der Waals surface area contributed by atoms with Gasteiger partial charge in [-0.25, -0.2) is 0 Å². The van der Waals surface area contributed by atoms with Crippen molar-refractivity contribution in [3.63, 3.8) is 0 Å². The molecule has 0 aliphatic carbocycles. The minimum Gasteiger partial charge on any atom is -0.488 e. The first-order valence-electron chi connectivity index (χ1n) is 10.0. The number of halogens is 3. The third kappa shape index (κ3) is 5.81. The number of imide groups is 1. The van der Waals surface area contributed by atoms with Crippen molar-refractivity contribution in [2.75, 3.05) is 6.54 Å². The van der Waals surface area contributed by atoms with Crippen LogP contribution in [0.4, 0.5) is 4.79 Å². The standard InChI is InChI=1S/C25H16Br2ClNO4S/c26-18-8-6-16(7-9-18)21(30)13-29-24(31)23(34-25(29)32)12-15-5-10-22(19(27)11-15)33-14-17-3-1-2-4-20(17)28/h1-12H,13-14H2/b23-12+. The van der Waals surface area contributed by atoms with Gasteiger partial charge in [-0.2, -0.15) is 0 Å². The molecule has 0 bridgehead atoms. The zero-order chi connectivity index (χ0) is 24.2. The number of amides is 2. The summed E-state index contributed by atoms with van der Waals surface area (Å²) in [7, 11) is 0. The van der Waals surface area contributed by atoms with Gasteiger partial charge in [-0.3, -0.25) is 19.3 Å². The van der Waals surface area contributed by atoms with E-state index in [0.717, 1.165) is 26.7 Å². The lowest BCUT2D eigenvalue weighted by atomic mass is 10.1. The molecule has 1 heterocycles. The van der Waals surface area contributed by atoms with Crippen LogP contribution in [0.2, 0.25) is 5.02 Å². The second kappa shape index (κ2) is 10.9. The maximum absolute atomic E-state index is 12.8. The van der Waals surface area contributed by atoms with E-state index in [1.54, 1.807) is 54.6 Å². The Morgan fingerprint density at radius 2 is 1.76 bits per heavy atom. The number of carbonyl (C=O) groups is 3. The van der Waals surface area contributed by atoms with Crippen LogP contribution in [0.1, 0.15) is 21.5 Å². The van der Waals surface area contributed by atoms with E-state index >= 15 is 0 Å². The minimum absolute atomic E-state index is 0.255. The molecule has 5 nitrogen and oxygen atoms in total. The molecule has 0 saturated carbocycles. The number of Topliss-reactive ketones (excluding diaryl/α,β-unsaturated/α-hetero) is 1. The van der Waals surface area contributed by atoms with Gasteiger partial charge < -0.3 is 4.74 Å². The van der Waals surface area contributed by atoms with Gasteiger partial charge in [0.05, 0.1) is 15.9 Å². The Morgan fingerprint density at radius 3 is 2.47 bits per heavy atom. The maximum atomic E-state index is 12.8. The molecule has 4 rings (SSSR count). The average Bonchev–Trinajstić information content (AvgIpc) is 3.07. The summed E-state index contributed by atoms with van der Waals surface area (Å²) in [5.74, 6) is -0.181. The number of hydrogen-bond donors (Lipinski definition) is 0. The van der Waals surface area contributed by atoms with Crippen LogP contribution in [-0.4, -0.2) is 28.4 Å². The summed E-state index contributed by atoms with van der Waals surface area (Å²) in [6.07, 6.45) is 1.62. The Morgan fingerprint density at radius 1 is 1.03 bits per heavy atom. The highest BCUT2D eigenvalue weighted by atomic mass is 79.9. The van der Waals surface area contributed by atoms with E-state index in [1.807, 2.05) is 18.2 Å². The molecule has 2 amide bonds. The fourth-order valence-electron chi connectivity index (χ4n) is 3.15. The molecule has 3 aromatic carbocycles. The molecule has 0 N–H and O–H groups in total. The molecule has 0 atom stereocenters. The summed E-state index contributed by atoms with van der Waals surface area (Å²) < 4.78 is 7.38. The van der Waals surface area contributed by atoms with Crippen molar-refractivity contribution in [3.8, 4) is 5.75 Å². The van der Waals surface area contributed by atoms with E-state index in [0.29, 0.717) is 33.0 Å². The fourth-order valence-corrected chi connectivity index (χ4v) is 4.96. The molecule has 0 radical (unpaired) electrons. The second-order valence-electron chi connectivity index (χ2n) is 7.27. The van der Waals surface area contributed by atoms with Gasteiger partial charge in [0.25, 0.3) is 11.1 Å². The van der Waals surface area contributed by atoms with Crippen LogP contribution in [0.25, 0.3) is 6.08 Å². The van der Waals surface area contributed by atoms with Gasteiger partial charge in [-0.05, 0) is 69.7 Å². The number of nitrogens with zero attached hydrogens (tertiary/aromatic N) is 1. The molecule has 9 heteroatoms. The lowest BCUT2D eigenvalue weighted by Crippen LogP contribution is -2.33. The quantitative estimate of drug-likeness (QED) is 0.204. The van der Waals surface area contributed by atoms with Gasteiger partial charge in [0.1, 0.15) is 12.4 Å². The average molecular weight is 622 g/mol. The Balaban J connectivity index is 1.44. The van der Waals surface area contributed by atoms with Crippen molar-refractivity contribution in [1.29, 1.82) is 0 Å². The Hall–Kier alpha value is -2.39. The Labute approximate surface area is 222 Å². The molecule has 0 aromatic heterocycles. The highest BCUT2D eigenvalue weighted by molar-refractivity contribution is 9.10. The van der Waals surface area contributed by atoms with Crippen LogP contribution in [0, 0.1) is 0 Å². The maximum Gasteiger partial charge on any atom is 0.293 e. The van der Waals surface area contributed by atoms with Crippen LogP contribution in [0.15, 0.2) is 80.6 Å². The smallest absolute Gasteiger partial charge is 0.293 e. The normalized spacial score (nSPS) is 14.7. The molecule has 172 valence electrons. The van der Waals surface area contributed by atoms with Crippen LogP contribution in [0.3, 0.4) is 0 Å². The molecular weight excluding hydrogens is 606 g/mol. The number of carbonyl (C=O) groups excluding carboxylic acids is 3. The summed E-state index contributed by atoms with van der Waals surface area (Å²) in [4.78, 5) is 38.9. The molecule has 34 heavy (non-hydrogen) atoms. The zero-order valence-electron chi connectivity index (χ0n) is 17.5.